The van der Waals surface area contributed by atoms with Crippen molar-refractivity contribution in [1.29, 1.82) is 0 Å². The molecule has 0 spiro atoms. The Labute approximate surface area is 203 Å². The van der Waals surface area contributed by atoms with Gasteiger partial charge in [-0.15, -0.1) is 22.7 Å². The highest BCUT2D eigenvalue weighted by atomic mass is 32.1. The van der Waals surface area contributed by atoms with E-state index in [1.165, 1.54) is 39.7 Å². The second-order valence-electron chi connectivity index (χ2n) is 7.87. The van der Waals surface area contributed by atoms with Crippen molar-refractivity contribution in [3.8, 4) is 10.6 Å². The number of amides is 1. The van der Waals surface area contributed by atoms with E-state index in [-0.39, 0.29) is 17.9 Å². The summed E-state index contributed by atoms with van der Waals surface area (Å²) in [6, 6.07) is 18.3. The number of hydrogen-bond acceptors (Lipinski definition) is 6. The number of aliphatic hydroxyl groups excluding tert-OH is 1. The van der Waals surface area contributed by atoms with Crippen molar-refractivity contribution in [1.82, 2.24) is 9.88 Å². The minimum Gasteiger partial charge on any atom is -0.503 e. The molecule has 0 fully saturated rings. The molecule has 170 valence electrons. The molecule has 2 aromatic carbocycles. The molecule has 3 heterocycles. The number of benzene rings is 2. The Kier molecular flexibility index (Phi) is 5.85. The van der Waals surface area contributed by atoms with Crippen LogP contribution < -0.4 is 0 Å². The van der Waals surface area contributed by atoms with Gasteiger partial charge in [0.05, 0.1) is 16.1 Å². The number of carbonyl (C=O) groups is 2. The zero-order chi connectivity index (χ0) is 23.8. The number of aliphatic hydroxyl groups is 1. The number of aryl methyl sites for hydroxylation is 1. The van der Waals surface area contributed by atoms with Crippen LogP contribution in [0.4, 0.5) is 4.39 Å². The summed E-state index contributed by atoms with van der Waals surface area (Å²) in [6.45, 7) is 1.88. The second kappa shape index (κ2) is 8.96. The zero-order valence-electron chi connectivity index (χ0n) is 18.1. The topological polar surface area (TPSA) is 70.5 Å². The quantitative estimate of drug-likeness (QED) is 0.332. The molecule has 5 nitrogen and oxygen atoms in total. The highest BCUT2D eigenvalue weighted by Crippen LogP contribution is 2.43. The van der Waals surface area contributed by atoms with Crippen molar-refractivity contribution < 1.29 is 19.1 Å². The Balaban J connectivity index is 1.54. The van der Waals surface area contributed by atoms with Crippen LogP contribution in [0.1, 0.15) is 31.8 Å². The van der Waals surface area contributed by atoms with Gasteiger partial charge in [-0.05, 0) is 36.1 Å². The number of thiazole rings is 1. The van der Waals surface area contributed by atoms with E-state index in [1.54, 1.807) is 19.1 Å². The number of carbonyl (C=O) groups excluding carboxylic acids is 2. The molecule has 2 aromatic heterocycles. The molecule has 1 aliphatic heterocycles. The third-order valence-electron chi connectivity index (χ3n) is 5.65. The molecule has 1 unspecified atom stereocenters. The molecule has 4 aromatic rings. The summed E-state index contributed by atoms with van der Waals surface area (Å²) in [7, 11) is 0. The van der Waals surface area contributed by atoms with Crippen LogP contribution in [-0.2, 0) is 11.3 Å². The van der Waals surface area contributed by atoms with Gasteiger partial charge in [-0.1, -0.05) is 48.5 Å². The minimum absolute atomic E-state index is 0.0425. The monoisotopic (exact) mass is 490 g/mol. The molecule has 0 aliphatic carbocycles. The number of aromatic nitrogens is 1. The maximum absolute atomic E-state index is 13.7. The van der Waals surface area contributed by atoms with Crippen LogP contribution in [0, 0.1) is 12.7 Å². The van der Waals surface area contributed by atoms with Crippen molar-refractivity contribution in [2.75, 3.05) is 0 Å². The van der Waals surface area contributed by atoms with Crippen LogP contribution in [0.15, 0.2) is 83.4 Å². The number of halogens is 1. The first kappa shape index (κ1) is 22.2. The first-order valence-electron chi connectivity index (χ1n) is 10.5. The number of thiophene rings is 1. The summed E-state index contributed by atoms with van der Waals surface area (Å²) in [6.07, 6.45) is 0. The lowest BCUT2D eigenvalue weighted by Gasteiger charge is -2.25. The lowest BCUT2D eigenvalue weighted by Crippen LogP contribution is -2.30. The van der Waals surface area contributed by atoms with Crippen LogP contribution in [0.3, 0.4) is 0 Å². The van der Waals surface area contributed by atoms with E-state index in [9.17, 15) is 19.1 Å². The Morgan fingerprint density at radius 2 is 1.82 bits per heavy atom. The number of ketones is 1. The Morgan fingerprint density at radius 1 is 1.09 bits per heavy atom. The smallest absolute Gasteiger partial charge is 0.290 e. The molecule has 1 atom stereocenters. The first-order chi connectivity index (χ1) is 16.4. The Bertz CT molecular complexity index is 1390. The van der Waals surface area contributed by atoms with Gasteiger partial charge in [0.2, 0.25) is 5.78 Å². The van der Waals surface area contributed by atoms with E-state index in [1.807, 2.05) is 47.8 Å². The fraction of sp³-hybridized carbons (Fsp3) is 0.115. The SMILES string of the molecule is Cc1nc(-c2ccccc2)sc1C(=O)C1=C(O)C(=O)N(Cc2ccc(F)cc2)C1c1cccs1. The minimum atomic E-state index is -0.744. The highest BCUT2D eigenvalue weighted by molar-refractivity contribution is 7.17. The van der Waals surface area contributed by atoms with Gasteiger partial charge in [-0.2, -0.15) is 0 Å². The number of hydrogen-bond donors (Lipinski definition) is 1. The molecular formula is C26H19FN2O3S2. The second-order valence-corrected chi connectivity index (χ2v) is 9.85. The van der Waals surface area contributed by atoms with Crippen LogP contribution in [0.2, 0.25) is 0 Å². The van der Waals surface area contributed by atoms with Crippen LogP contribution in [-0.4, -0.2) is 26.7 Å². The molecule has 34 heavy (non-hydrogen) atoms. The summed E-state index contributed by atoms with van der Waals surface area (Å²) in [4.78, 5) is 34.0. The largest absolute Gasteiger partial charge is 0.503 e. The van der Waals surface area contributed by atoms with Gasteiger partial charge < -0.3 is 10.0 Å². The summed E-state index contributed by atoms with van der Waals surface area (Å²) < 4.78 is 13.4. The van der Waals surface area contributed by atoms with E-state index in [2.05, 4.69) is 4.98 Å². The maximum Gasteiger partial charge on any atom is 0.290 e. The number of Topliss-reactive ketones (excluding diaryl/α,β-unsaturated/α-hetero) is 1. The van der Waals surface area contributed by atoms with Crippen LogP contribution >= 0.6 is 22.7 Å². The predicted molar refractivity (Wildman–Crippen MR) is 130 cm³/mol. The van der Waals surface area contributed by atoms with E-state index in [4.69, 9.17) is 0 Å². The molecule has 1 aliphatic rings. The summed E-state index contributed by atoms with van der Waals surface area (Å²) >= 11 is 2.64. The summed E-state index contributed by atoms with van der Waals surface area (Å²) in [5, 5.41) is 13.4. The van der Waals surface area contributed by atoms with E-state index < -0.39 is 23.5 Å². The van der Waals surface area contributed by atoms with E-state index in [0.29, 0.717) is 21.1 Å². The first-order valence-corrected chi connectivity index (χ1v) is 12.2. The van der Waals surface area contributed by atoms with E-state index in [0.717, 1.165) is 10.4 Å². The molecular weight excluding hydrogens is 471 g/mol. The summed E-state index contributed by atoms with van der Waals surface area (Å²) in [5.41, 5.74) is 2.17. The van der Waals surface area contributed by atoms with Gasteiger partial charge in [0, 0.05) is 17.0 Å². The third-order valence-corrected chi connectivity index (χ3v) is 7.78. The molecule has 5 rings (SSSR count). The van der Waals surface area contributed by atoms with Gasteiger partial charge in [0.15, 0.2) is 5.76 Å². The summed E-state index contributed by atoms with van der Waals surface area (Å²) in [5.74, 6) is -1.97. The Hall–Kier alpha value is -3.62. The fourth-order valence-electron chi connectivity index (χ4n) is 4.01. The average Bonchev–Trinajstić information content (AvgIpc) is 3.56. The number of rotatable bonds is 6. The normalized spacial score (nSPS) is 15.9. The van der Waals surface area contributed by atoms with Gasteiger partial charge in [0.1, 0.15) is 16.9 Å². The molecule has 1 amide bonds. The van der Waals surface area contributed by atoms with E-state index >= 15 is 0 Å². The van der Waals surface area contributed by atoms with Gasteiger partial charge in [-0.3, -0.25) is 9.59 Å². The average molecular weight is 491 g/mol. The van der Waals surface area contributed by atoms with Crippen molar-refractivity contribution in [3.05, 3.63) is 110 Å². The van der Waals surface area contributed by atoms with Crippen LogP contribution in [0.5, 0.6) is 0 Å². The van der Waals surface area contributed by atoms with Gasteiger partial charge >= 0.3 is 0 Å². The lowest BCUT2D eigenvalue weighted by atomic mass is 10.00. The molecule has 0 bridgehead atoms. The number of nitrogens with zero attached hydrogens (tertiary/aromatic N) is 2. The molecule has 0 saturated heterocycles. The third kappa shape index (κ3) is 3.95. The predicted octanol–water partition coefficient (Wildman–Crippen LogP) is 6.10. The molecule has 0 saturated carbocycles. The molecule has 1 N–H and O–H groups in total. The van der Waals surface area contributed by atoms with Crippen molar-refractivity contribution in [2.45, 2.75) is 19.5 Å². The van der Waals surface area contributed by atoms with Gasteiger partial charge in [-0.25, -0.2) is 9.37 Å². The van der Waals surface area contributed by atoms with Crippen molar-refractivity contribution in [2.24, 2.45) is 0 Å². The van der Waals surface area contributed by atoms with Gasteiger partial charge in [0.25, 0.3) is 5.91 Å². The molecule has 0 radical (unpaired) electrons. The fourth-order valence-corrected chi connectivity index (χ4v) is 5.88. The zero-order valence-corrected chi connectivity index (χ0v) is 19.7. The molecule has 8 heteroatoms. The Morgan fingerprint density at radius 3 is 2.50 bits per heavy atom. The van der Waals surface area contributed by atoms with Crippen molar-refractivity contribution in [3.63, 3.8) is 0 Å². The maximum atomic E-state index is 13.7. The standard InChI is InChI=1S/C26H19FN2O3S2/c1-15-24(34-25(28-15)17-6-3-2-4-7-17)22(30)20-21(19-8-5-13-33-19)29(26(32)23(20)31)14-16-9-11-18(27)12-10-16/h2-13,21,31H,14H2,1H3. The van der Waals surface area contributed by atoms with Crippen molar-refractivity contribution >= 4 is 34.4 Å². The van der Waals surface area contributed by atoms with Crippen LogP contribution in [0.25, 0.3) is 10.6 Å². The highest BCUT2D eigenvalue weighted by Gasteiger charge is 2.45. The lowest BCUT2D eigenvalue weighted by molar-refractivity contribution is -0.130.